The van der Waals surface area contributed by atoms with E-state index in [1.807, 2.05) is 11.8 Å². The zero-order valence-electron chi connectivity index (χ0n) is 10.4. The summed E-state index contributed by atoms with van der Waals surface area (Å²) in [6, 6.07) is 0. The van der Waals surface area contributed by atoms with Crippen LogP contribution in [-0.2, 0) is 14.3 Å². The average Bonchev–Trinajstić information content (AvgIpc) is 2.73. The van der Waals surface area contributed by atoms with Gasteiger partial charge in [-0.3, -0.25) is 4.79 Å². The molecule has 0 aromatic heterocycles. The van der Waals surface area contributed by atoms with Crippen LogP contribution in [0.4, 0.5) is 0 Å². The fourth-order valence-corrected chi connectivity index (χ4v) is 2.67. The van der Waals surface area contributed by atoms with Crippen molar-refractivity contribution in [2.45, 2.75) is 38.6 Å². The number of rotatable bonds is 2. The molecule has 2 rings (SSSR count). The lowest BCUT2D eigenvalue weighted by Crippen LogP contribution is -2.53. The number of amides is 1. The number of carbonyl (C=O) groups excluding carboxylic acids is 1. The molecule has 2 aliphatic rings. The Morgan fingerprint density at radius 3 is 2.76 bits per heavy atom. The highest BCUT2D eigenvalue weighted by molar-refractivity contribution is 6.18. The first kappa shape index (κ1) is 13.1. The summed E-state index contributed by atoms with van der Waals surface area (Å²) in [4.78, 5) is 14.2. The van der Waals surface area contributed by atoms with Crippen LogP contribution in [0.2, 0.25) is 0 Å². The summed E-state index contributed by atoms with van der Waals surface area (Å²) in [5.41, 5.74) is 0. The monoisotopic (exact) mass is 261 g/mol. The predicted molar refractivity (Wildman–Crippen MR) is 65.2 cm³/mol. The molecule has 5 heteroatoms. The molecule has 0 aromatic carbocycles. The third-order valence-corrected chi connectivity index (χ3v) is 3.79. The van der Waals surface area contributed by atoms with E-state index in [2.05, 4.69) is 6.92 Å². The van der Waals surface area contributed by atoms with Crippen LogP contribution < -0.4 is 0 Å². The summed E-state index contributed by atoms with van der Waals surface area (Å²) in [6.07, 6.45) is 0.695. The standard InChI is InChI=1S/C12H20ClNO3/c1-8-3-4-16-11(8)12(15)14-6-9(2)17-10(5-13)7-14/h8-11H,3-7H2,1-2H3. The molecule has 4 nitrogen and oxygen atoms in total. The highest BCUT2D eigenvalue weighted by Gasteiger charge is 2.37. The molecule has 1 amide bonds. The van der Waals surface area contributed by atoms with Crippen LogP contribution in [0.1, 0.15) is 20.3 Å². The van der Waals surface area contributed by atoms with Gasteiger partial charge >= 0.3 is 0 Å². The summed E-state index contributed by atoms with van der Waals surface area (Å²) >= 11 is 5.81. The molecule has 2 saturated heterocycles. The summed E-state index contributed by atoms with van der Waals surface area (Å²) in [5, 5.41) is 0. The van der Waals surface area contributed by atoms with E-state index in [0.29, 0.717) is 31.5 Å². The van der Waals surface area contributed by atoms with Crippen molar-refractivity contribution in [3.63, 3.8) is 0 Å². The van der Waals surface area contributed by atoms with Crippen molar-refractivity contribution in [1.29, 1.82) is 0 Å². The maximum atomic E-state index is 12.3. The minimum atomic E-state index is -0.267. The van der Waals surface area contributed by atoms with Gasteiger partial charge in [-0.15, -0.1) is 11.6 Å². The van der Waals surface area contributed by atoms with E-state index in [1.165, 1.54) is 0 Å². The maximum Gasteiger partial charge on any atom is 0.252 e. The normalized spacial score (nSPS) is 38.4. The van der Waals surface area contributed by atoms with Crippen molar-refractivity contribution < 1.29 is 14.3 Å². The quantitative estimate of drug-likeness (QED) is 0.703. The van der Waals surface area contributed by atoms with E-state index in [9.17, 15) is 4.79 Å². The fourth-order valence-electron chi connectivity index (χ4n) is 2.50. The minimum Gasteiger partial charge on any atom is -0.370 e. The third-order valence-electron chi connectivity index (χ3n) is 3.44. The average molecular weight is 262 g/mol. The smallest absolute Gasteiger partial charge is 0.252 e. The van der Waals surface area contributed by atoms with Gasteiger partial charge in [-0.1, -0.05) is 6.92 Å². The van der Waals surface area contributed by atoms with Crippen molar-refractivity contribution in [1.82, 2.24) is 4.90 Å². The number of hydrogen-bond acceptors (Lipinski definition) is 3. The van der Waals surface area contributed by atoms with E-state index in [1.54, 1.807) is 0 Å². The van der Waals surface area contributed by atoms with Crippen LogP contribution in [0.15, 0.2) is 0 Å². The van der Waals surface area contributed by atoms with Gasteiger partial charge in [0.15, 0.2) is 0 Å². The number of hydrogen-bond donors (Lipinski definition) is 0. The molecule has 2 fully saturated rings. The van der Waals surface area contributed by atoms with E-state index >= 15 is 0 Å². The Morgan fingerprint density at radius 1 is 1.41 bits per heavy atom. The molecular weight excluding hydrogens is 242 g/mol. The molecule has 0 saturated carbocycles. The van der Waals surface area contributed by atoms with E-state index < -0.39 is 0 Å². The van der Waals surface area contributed by atoms with Crippen molar-refractivity contribution in [2.75, 3.05) is 25.6 Å². The Balaban J connectivity index is 1.98. The number of ether oxygens (including phenoxy) is 2. The van der Waals surface area contributed by atoms with E-state index in [0.717, 1.165) is 6.42 Å². The lowest BCUT2D eigenvalue weighted by atomic mass is 10.0. The molecule has 2 heterocycles. The van der Waals surface area contributed by atoms with Crippen LogP contribution in [0.5, 0.6) is 0 Å². The van der Waals surface area contributed by atoms with Crippen molar-refractivity contribution in [3.8, 4) is 0 Å². The summed E-state index contributed by atoms with van der Waals surface area (Å²) in [5.74, 6) is 0.838. The molecule has 98 valence electrons. The molecule has 4 unspecified atom stereocenters. The lowest BCUT2D eigenvalue weighted by molar-refractivity contribution is -0.153. The number of carbonyl (C=O) groups is 1. The van der Waals surface area contributed by atoms with Gasteiger partial charge in [0.05, 0.1) is 18.1 Å². The van der Waals surface area contributed by atoms with Gasteiger partial charge in [-0.2, -0.15) is 0 Å². The molecule has 2 aliphatic heterocycles. The first-order chi connectivity index (χ1) is 8.11. The fraction of sp³-hybridized carbons (Fsp3) is 0.917. The second-order valence-electron chi connectivity index (χ2n) is 5.02. The zero-order chi connectivity index (χ0) is 12.4. The Labute approximate surface area is 107 Å². The second kappa shape index (κ2) is 5.55. The lowest BCUT2D eigenvalue weighted by Gasteiger charge is -2.37. The van der Waals surface area contributed by atoms with E-state index in [-0.39, 0.29) is 24.2 Å². The number of halogens is 1. The SMILES string of the molecule is CC1CN(C(=O)C2OCCC2C)CC(CCl)O1. The molecule has 0 aromatic rings. The summed E-state index contributed by atoms with van der Waals surface area (Å²) in [6.45, 7) is 5.95. The minimum absolute atomic E-state index is 0.0492. The van der Waals surface area contributed by atoms with Gasteiger partial charge in [0.25, 0.3) is 5.91 Å². The first-order valence-electron chi connectivity index (χ1n) is 6.23. The van der Waals surface area contributed by atoms with Crippen molar-refractivity contribution in [3.05, 3.63) is 0 Å². The third kappa shape index (κ3) is 2.92. The molecule has 17 heavy (non-hydrogen) atoms. The summed E-state index contributed by atoms with van der Waals surface area (Å²) < 4.78 is 11.2. The van der Waals surface area contributed by atoms with Gasteiger partial charge in [-0.25, -0.2) is 0 Å². The largest absolute Gasteiger partial charge is 0.370 e. The summed E-state index contributed by atoms with van der Waals surface area (Å²) in [7, 11) is 0. The number of nitrogens with zero attached hydrogens (tertiary/aromatic N) is 1. The first-order valence-corrected chi connectivity index (χ1v) is 6.77. The molecule has 0 aliphatic carbocycles. The molecular formula is C12H20ClNO3. The molecule has 4 atom stereocenters. The Hall–Kier alpha value is -0.320. The van der Waals surface area contributed by atoms with Crippen LogP contribution in [0.25, 0.3) is 0 Å². The molecule has 0 radical (unpaired) electrons. The zero-order valence-corrected chi connectivity index (χ0v) is 11.2. The number of morpholine rings is 1. The topological polar surface area (TPSA) is 38.8 Å². The highest BCUT2D eigenvalue weighted by Crippen LogP contribution is 2.23. The van der Waals surface area contributed by atoms with Crippen LogP contribution in [-0.4, -0.2) is 54.7 Å². The van der Waals surface area contributed by atoms with Crippen LogP contribution in [0, 0.1) is 5.92 Å². The molecule has 0 bridgehead atoms. The van der Waals surface area contributed by atoms with Gasteiger partial charge < -0.3 is 14.4 Å². The van der Waals surface area contributed by atoms with Crippen molar-refractivity contribution in [2.24, 2.45) is 5.92 Å². The van der Waals surface area contributed by atoms with Gasteiger partial charge in [0.2, 0.25) is 0 Å². The predicted octanol–water partition coefficient (Wildman–Crippen LogP) is 1.27. The van der Waals surface area contributed by atoms with Crippen LogP contribution in [0.3, 0.4) is 0 Å². The maximum absolute atomic E-state index is 12.3. The van der Waals surface area contributed by atoms with E-state index in [4.69, 9.17) is 21.1 Å². The Morgan fingerprint density at radius 2 is 2.18 bits per heavy atom. The van der Waals surface area contributed by atoms with Gasteiger partial charge in [-0.05, 0) is 19.3 Å². The Kier molecular flexibility index (Phi) is 4.28. The number of alkyl halides is 1. The van der Waals surface area contributed by atoms with Gasteiger partial charge in [0.1, 0.15) is 6.10 Å². The van der Waals surface area contributed by atoms with Crippen LogP contribution >= 0.6 is 11.6 Å². The van der Waals surface area contributed by atoms with Crippen molar-refractivity contribution >= 4 is 17.5 Å². The molecule has 0 spiro atoms. The van der Waals surface area contributed by atoms with Gasteiger partial charge in [0, 0.05) is 19.7 Å². The highest BCUT2D eigenvalue weighted by atomic mass is 35.5. The molecule has 0 N–H and O–H groups in total. The Bertz CT molecular complexity index is 287. The second-order valence-corrected chi connectivity index (χ2v) is 5.33.